The third kappa shape index (κ3) is 4.97. The van der Waals surface area contributed by atoms with E-state index < -0.39 is 29.1 Å². The second-order valence-corrected chi connectivity index (χ2v) is 6.41. The number of aryl methyl sites for hydroxylation is 1. The molecular weight excluding hydrogens is 406 g/mol. The maximum atomic E-state index is 13.9. The molecule has 3 aromatic rings. The average Bonchev–Trinajstić information content (AvgIpc) is 3.17. The molecule has 0 bridgehead atoms. The molecule has 0 radical (unpaired) electrons. The number of ether oxygens (including phenoxy) is 1. The van der Waals surface area contributed by atoms with Crippen molar-refractivity contribution in [1.29, 1.82) is 0 Å². The Hall–Kier alpha value is -3.26. The van der Waals surface area contributed by atoms with Crippen molar-refractivity contribution >= 4 is 29.2 Å². The van der Waals surface area contributed by atoms with Crippen LogP contribution in [0.4, 0.5) is 14.5 Å². The first-order chi connectivity index (χ1) is 13.9. The Labute approximate surface area is 169 Å². The molecule has 1 N–H and O–H groups in total. The smallest absolute Gasteiger partial charge is 0.340 e. The maximum Gasteiger partial charge on any atom is 0.340 e. The van der Waals surface area contributed by atoms with Crippen LogP contribution < -0.4 is 5.32 Å². The molecule has 1 aromatic heterocycles. The molecule has 9 heteroatoms. The molecule has 0 fully saturated rings. The Morgan fingerprint density at radius 3 is 2.59 bits per heavy atom. The van der Waals surface area contributed by atoms with Crippen molar-refractivity contribution in [2.75, 3.05) is 12.4 Å². The SMILES string of the molecule is COC(=O)c1cc(NC(=O)CCc2ncc(-c3ccc(Cl)cc3)o2)c(F)cc1F. The number of nitrogens with one attached hydrogen (secondary N) is 1. The second-order valence-electron chi connectivity index (χ2n) is 5.98. The lowest BCUT2D eigenvalue weighted by molar-refractivity contribution is -0.116. The lowest BCUT2D eigenvalue weighted by Crippen LogP contribution is -2.15. The molecule has 150 valence electrons. The number of hydrogen-bond donors (Lipinski definition) is 1. The predicted molar refractivity (Wildman–Crippen MR) is 102 cm³/mol. The molecule has 2 aromatic carbocycles. The summed E-state index contributed by atoms with van der Waals surface area (Å²) in [7, 11) is 1.07. The van der Waals surface area contributed by atoms with Crippen LogP contribution in [0.2, 0.25) is 5.02 Å². The van der Waals surface area contributed by atoms with Crippen LogP contribution in [0.1, 0.15) is 22.7 Å². The van der Waals surface area contributed by atoms with E-state index in [2.05, 4.69) is 15.0 Å². The molecule has 6 nitrogen and oxygen atoms in total. The van der Waals surface area contributed by atoms with Gasteiger partial charge in [-0.15, -0.1) is 0 Å². The molecule has 0 spiro atoms. The molecule has 0 aliphatic carbocycles. The topological polar surface area (TPSA) is 81.4 Å². The first kappa shape index (κ1) is 20.5. The van der Waals surface area contributed by atoms with Crippen LogP contribution in [-0.4, -0.2) is 24.0 Å². The Balaban J connectivity index is 1.63. The lowest BCUT2D eigenvalue weighted by Gasteiger charge is -2.08. The zero-order chi connectivity index (χ0) is 21.0. The molecule has 1 amide bonds. The van der Waals surface area contributed by atoms with Gasteiger partial charge in [0.25, 0.3) is 0 Å². The van der Waals surface area contributed by atoms with E-state index in [1.165, 1.54) is 6.20 Å². The summed E-state index contributed by atoms with van der Waals surface area (Å²) in [6, 6.07) is 8.37. The van der Waals surface area contributed by atoms with Crippen molar-refractivity contribution in [2.24, 2.45) is 0 Å². The highest BCUT2D eigenvalue weighted by Gasteiger charge is 2.18. The Morgan fingerprint density at radius 2 is 1.90 bits per heavy atom. The molecule has 0 aliphatic heterocycles. The Morgan fingerprint density at radius 1 is 1.17 bits per heavy atom. The van der Waals surface area contributed by atoms with Gasteiger partial charge in [-0.3, -0.25) is 4.79 Å². The second kappa shape index (κ2) is 8.83. The van der Waals surface area contributed by atoms with Crippen molar-refractivity contribution in [3.05, 3.63) is 70.7 Å². The summed E-state index contributed by atoms with van der Waals surface area (Å²) in [5.41, 5.74) is -0.0307. The highest BCUT2D eigenvalue weighted by Crippen LogP contribution is 2.23. The predicted octanol–water partition coefficient (Wildman–Crippen LogP) is 4.63. The monoisotopic (exact) mass is 420 g/mol. The van der Waals surface area contributed by atoms with Crippen LogP contribution >= 0.6 is 11.6 Å². The minimum atomic E-state index is -1.08. The van der Waals surface area contributed by atoms with E-state index in [0.29, 0.717) is 22.7 Å². The van der Waals surface area contributed by atoms with Gasteiger partial charge in [0.1, 0.15) is 11.6 Å². The van der Waals surface area contributed by atoms with E-state index in [9.17, 15) is 18.4 Å². The summed E-state index contributed by atoms with van der Waals surface area (Å²) in [6.07, 6.45) is 1.62. The third-order valence-electron chi connectivity index (χ3n) is 3.98. The van der Waals surface area contributed by atoms with Crippen LogP contribution in [0.5, 0.6) is 0 Å². The summed E-state index contributed by atoms with van der Waals surface area (Å²) >= 11 is 5.85. The van der Waals surface area contributed by atoms with Gasteiger partial charge in [0.05, 0.1) is 24.6 Å². The fraction of sp³-hybridized carbons (Fsp3) is 0.150. The quantitative estimate of drug-likeness (QED) is 0.588. The molecule has 0 saturated carbocycles. The Kier molecular flexibility index (Phi) is 6.23. The van der Waals surface area contributed by atoms with E-state index in [0.717, 1.165) is 18.7 Å². The number of anilines is 1. The zero-order valence-corrected chi connectivity index (χ0v) is 15.9. The number of oxazole rings is 1. The van der Waals surface area contributed by atoms with Crippen molar-refractivity contribution in [1.82, 2.24) is 4.98 Å². The summed E-state index contributed by atoms with van der Waals surface area (Å²) in [6.45, 7) is 0. The van der Waals surface area contributed by atoms with E-state index in [4.69, 9.17) is 16.0 Å². The largest absolute Gasteiger partial charge is 0.465 e. The first-order valence-electron chi connectivity index (χ1n) is 8.45. The highest BCUT2D eigenvalue weighted by molar-refractivity contribution is 6.30. The minimum Gasteiger partial charge on any atom is -0.465 e. The van der Waals surface area contributed by atoms with Crippen LogP contribution in [0.25, 0.3) is 11.3 Å². The van der Waals surface area contributed by atoms with Crippen molar-refractivity contribution in [2.45, 2.75) is 12.8 Å². The number of amides is 1. The number of hydrogen-bond acceptors (Lipinski definition) is 5. The van der Waals surface area contributed by atoms with E-state index in [1.807, 2.05) is 0 Å². The fourth-order valence-electron chi connectivity index (χ4n) is 2.52. The minimum absolute atomic E-state index is 0.0645. The first-order valence-corrected chi connectivity index (χ1v) is 8.83. The molecular formula is C20H15ClF2N2O4. The van der Waals surface area contributed by atoms with Gasteiger partial charge in [0.15, 0.2) is 11.7 Å². The van der Waals surface area contributed by atoms with Crippen LogP contribution in [0.15, 0.2) is 47.0 Å². The molecule has 0 unspecified atom stereocenters. The number of nitrogens with zero attached hydrogens (tertiary/aromatic N) is 1. The molecule has 1 heterocycles. The normalized spacial score (nSPS) is 10.6. The number of carbonyl (C=O) groups excluding carboxylic acids is 2. The summed E-state index contributed by atoms with van der Waals surface area (Å²) < 4.78 is 37.6. The van der Waals surface area contributed by atoms with Gasteiger partial charge in [-0.1, -0.05) is 11.6 Å². The molecule has 0 saturated heterocycles. The average molecular weight is 421 g/mol. The number of carbonyl (C=O) groups is 2. The summed E-state index contributed by atoms with van der Waals surface area (Å²) in [5.74, 6) is -2.79. The van der Waals surface area contributed by atoms with E-state index >= 15 is 0 Å². The van der Waals surface area contributed by atoms with E-state index in [-0.39, 0.29) is 18.5 Å². The van der Waals surface area contributed by atoms with Gasteiger partial charge in [-0.05, 0) is 30.3 Å². The molecule has 3 rings (SSSR count). The number of benzene rings is 2. The zero-order valence-electron chi connectivity index (χ0n) is 15.2. The molecule has 0 atom stereocenters. The lowest BCUT2D eigenvalue weighted by atomic mass is 10.1. The standard InChI is InChI=1S/C20H15ClF2N2O4/c1-28-20(27)13-8-16(15(23)9-14(13)22)25-18(26)6-7-19-24-10-17(29-19)11-2-4-12(21)5-3-11/h2-5,8-10H,6-7H2,1H3,(H,25,26). The van der Waals surface area contributed by atoms with Gasteiger partial charge < -0.3 is 14.5 Å². The number of halogens is 3. The van der Waals surface area contributed by atoms with Crippen molar-refractivity contribution in [3.8, 4) is 11.3 Å². The number of esters is 1. The third-order valence-corrected chi connectivity index (χ3v) is 4.24. The Bertz CT molecular complexity index is 1050. The van der Waals surface area contributed by atoms with Crippen molar-refractivity contribution in [3.63, 3.8) is 0 Å². The van der Waals surface area contributed by atoms with Gasteiger partial charge in [-0.2, -0.15) is 0 Å². The number of rotatable bonds is 6. The highest BCUT2D eigenvalue weighted by atomic mass is 35.5. The summed E-state index contributed by atoms with van der Waals surface area (Å²) in [4.78, 5) is 27.7. The fourth-order valence-corrected chi connectivity index (χ4v) is 2.64. The maximum absolute atomic E-state index is 13.9. The van der Waals surface area contributed by atoms with Crippen LogP contribution in [0.3, 0.4) is 0 Å². The number of methoxy groups -OCH3 is 1. The van der Waals surface area contributed by atoms with Gasteiger partial charge in [-0.25, -0.2) is 18.6 Å². The number of aromatic nitrogens is 1. The van der Waals surface area contributed by atoms with Crippen LogP contribution in [-0.2, 0) is 16.0 Å². The van der Waals surface area contributed by atoms with Crippen molar-refractivity contribution < 1.29 is 27.5 Å². The van der Waals surface area contributed by atoms with E-state index in [1.54, 1.807) is 24.3 Å². The molecule has 0 aliphatic rings. The van der Waals surface area contributed by atoms with Gasteiger partial charge in [0, 0.05) is 29.5 Å². The van der Waals surface area contributed by atoms with Crippen LogP contribution in [0, 0.1) is 11.6 Å². The summed E-state index contributed by atoms with van der Waals surface area (Å²) in [5, 5.41) is 2.89. The molecule has 29 heavy (non-hydrogen) atoms. The van der Waals surface area contributed by atoms with Gasteiger partial charge in [0.2, 0.25) is 5.91 Å². The van der Waals surface area contributed by atoms with Gasteiger partial charge >= 0.3 is 5.97 Å².